The Hall–Kier alpha value is -2.68. The summed E-state index contributed by atoms with van der Waals surface area (Å²) in [7, 11) is 0. The molecule has 9 nitrogen and oxygen atoms in total. The number of nitrogens with one attached hydrogen (secondary N) is 1. The number of oxazole rings is 1. The van der Waals surface area contributed by atoms with Crippen LogP contribution in [0.4, 0.5) is 0 Å². The average Bonchev–Trinajstić information content (AvgIpc) is 3.36. The molecule has 1 fully saturated rings. The van der Waals surface area contributed by atoms with Gasteiger partial charge in [-0.1, -0.05) is 6.92 Å². The van der Waals surface area contributed by atoms with E-state index in [1.807, 2.05) is 11.6 Å². The van der Waals surface area contributed by atoms with Crippen LogP contribution in [0, 0.1) is 5.41 Å². The number of carbonyl (C=O) groups excluding carboxylic acids is 2. The number of esters is 1. The fourth-order valence-electron chi connectivity index (χ4n) is 4.12. The number of amides is 1. The van der Waals surface area contributed by atoms with Crippen LogP contribution in [0.1, 0.15) is 58.5 Å². The normalized spacial score (nSPS) is 18.2. The highest BCUT2D eigenvalue weighted by Crippen LogP contribution is 2.37. The first-order chi connectivity index (χ1) is 14.1. The maximum atomic E-state index is 12.8. The van der Waals surface area contributed by atoms with Gasteiger partial charge >= 0.3 is 5.97 Å². The van der Waals surface area contributed by atoms with Crippen LogP contribution in [0.3, 0.4) is 0 Å². The standard InChI is InChI=1S/C20H26N4O5/c1-2-14-17-15(10-20(12-22-18(17)25)4-8-27-9-5-20)24(23-14)6-3-7-28-19(26)16-11-21-13-29-16/h11,13H,2-10,12H2,1H3,(H,22,25). The molecule has 0 saturated carbocycles. The third-order valence-corrected chi connectivity index (χ3v) is 5.79. The van der Waals surface area contributed by atoms with Crippen LogP contribution in [0.5, 0.6) is 0 Å². The number of ether oxygens (including phenoxy) is 2. The predicted molar refractivity (Wildman–Crippen MR) is 102 cm³/mol. The molecule has 0 aromatic carbocycles. The Morgan fingerprint density at radius 3 is 2.93 bits per heavy atom. The van der Waals surface area contributed by atoms with E-state index in [0.29, 0.717) is 25.9 Å². The molecule has 1 amide bonds. The lowest BCUT2D eigenvalue weighted by atomic mass is 9.76. The number of carbonyl (C=O) groups is 2. The minimum Gasteiger partial charge on any atom is -0.460 e. The molecule has 29 heavy (non-hydrogen) atoms. The van der Waals surface area contributed by atoms with E-state index in [-0.39, 0.29) is 23.7 Å². The predicted octanol–water partition coefficient (Wildman–Crippen LogP) is 1.76. The third-order valence-electron chi connectivity index (χ3n) is 5.79. The van der Waals surface area contributed by atoms with Gasteiger partial charge in [-0.3, -0.25) is 9.48 Å². The first kappa shape index (κ1) is 19.6. The number of nitrogens with zero attached hydrogens (tertiary/aromatic N) is 3. The van der Waals surface area contributed by atoms with Gasteiger partial charge in [0.25, 0.3) is 5.91 Å². The molecule has 0 unspecified atom stereocenters. The highest BCUT2D eigenvalue weighted by atomic mass is 16.5. The zero-order valence-corrected chi connectivity index (χ0v) is 16.6. The molecule has 0 radical (unpaired) electrons. The first-order valence-corrected chi connectivity index (χ1v) is 10.1. The molecule has 1 spiro atoms. The van der Waals surface area contributed by atoms with E-state index in [1.54, 1.807) is 0 Å². The van der Waals surface area contributed by atoms with E-state index in [9.17, 15) is 9.59 Å². The summed E-state index contributed by atoms with van der Waals surface area (Å²) >= 11 is 0. The number of aromatic nitrogens is 3. The molecular weight excluding hydrogens is 376 g/mol. The fourth-order valence-corrected chi connectivity index (χ4v) is 4.12. The summed E-state index contributed by atoms with van der Waals surface area (Å²) < 4.78 is 17.6. The summed E-state index contributed by atoms with van der Waals surface area (Å²) in [6.07, 6.45) is 6.46. The molecule has 2 aromatic rings. The average molecular weight is 402 g/mol. The van der Waals surface area contributed by atoms with Gasteiger partial charge in [-0.05, 0) is 31.1 Å². The monoisotopic (exact) mass is 402 g/mol. The van der Waals surface area contributed by atoms with Crippen molar-refractivity contribution in [2.45, 2.75) is 45.6 Å². The van der Waals surface area contributed by atoms with E-state index in [4.69, 9.17) is 19.0 Å². The van der Waals surface area contributed by atoms with Gasteiger partial charge in [0.05, 0.1) is 29.8 Å². The van der Waals surface area contributed by atoms with Gasteiger partial charge in [0.2, 0.25) is 5.76 Å². The summed E-state index contributed by atoms with van der Waals surface area (Å²) in [6.45, 7) is 4.93. The minimum absolute atomic E-state index is 0.0146. The molecule has 4 heterocycles. The largest absolute Gasteiger partial charge is 0.460 e. The maximum Gasteiger partial charge on any atom is 0.375 e. The van der Waals surface area contributed by atoms with Crippen LogP contribution >= 0.6 is 0 Å². The van der Waals surface area contributed by atoms with Gasteiger partial charge in [0.1, 0.15) is 0 Å². The van der Waals surface area contributed by atoms with Crippen molar-refractivity contribution >= 4 is 11.9 Å². The molecule has 2 aliphatic rings. The summed E-state index contributed by atoms with van der Waals surface area (Å²) in [5, 5.41) is 7.82. The summed E-state index contributed by atoms with van der Waals surface area (Å²) in [6, 6.07) is 0. The van der Waals surface area contributed by atoms with Crippen LogP contribution in [0.25, 0.3) is 0 Å². The third kappa shape index (κ3) is 4.05. The van der Waals surface area contributed by atoms with Gasteiger partial charge < -0.3 is 19.2 Å². The van der Waals surface area contributed by atoms with Crippen molar-refractivity contribution in [3.8, 4) is 0 Å². The number of aryl methyl sites for hydroxylation is 2. The molecule has 0 atom stereocenters. The SMILES string of the molecule is CCc1nn(CCCOC(=O)c2cnco2)c2c1C(=O)NCC1(CCOCC1)C2. The Bertz CT molecular complexity index is 868. The van der Waals surface area contributed by atoms with Crippen molar-refractivity contribution < 1.29 is 23.5 Å². The topological polar surface area (TPSA) is 108 Å². The summed E-state index contributed by atoms with van der Waals surface area (Å²) in [5.74, 6) is -0.482. The van der Waals surface area contributed by atoms with E-state index in [2.05, 4.69) is 10.3 Å². The molecule has 0 aliphatic carbocycles. The lowest BCUT2D eigenvalue weighted by Crippen LogP contribution is -2.40. The summed E-state index contributed by atoms with van der Waals surface area (Å²) in [4.78, 5) is 28.4. The molecule has 9 heteroatoms. The van der Waals surface area contributed by atoms with E-state index < -0.39 is 5.97 Å². The van der Waals surface area contributed by atoms with Gasteiger partial charge in [-0.2, -0.15) is 5.10 Å². The van der Waals surface area contributed by atoms with Gasteiger partial charge in [0.15, 0.2) is 6.39 Å². The van der Waals surface area contributed by atoms with Crippen molar-refractivity contribution in [1.29, 1.82) is 0 Å². The van der Waals surface area contributed by atoms with Crippen LogP contribution in [-0.2, 0) is 28.9 Å². The number of hydrogen-bond donors (Lipinski definition) is 1. The zero-order chi connectivity index (χ0) is 20.3. The van der Waals surface area contributed by atoms with Crippen LogP contribution in [0.15, 0.2) is 17.0 Å². The Morgan fingerprint density at radius 1 is 1.38 bits per heavy atom. The van der Waals surface area contributed by atoms with Crippen molar-refractivity contribution in [3.05, 3.63) is 35.3 Å². The molecule has 2 aromatic heterocycles. The first-order valence-electron chi connectivity index (χ1n) is 10.1. The van der Waals surface area contributed by atoms with Crippen LogP contribution in [0.2, 0.25) is 0 Å². The second-order valence-corrected chi connectivity index (χ2v) is 7.67. The lowest BCUT2D eigenvalue weighted by molar-refractivity contribution is 0.0152. The van der Waals surface area contributed by atoms with Crippen molar-refractivity contribution in [2.75, 3.05) is 26.4 Å². The Balaban J connectivity index is 1.47. The van der Waals surface area contributed by atoms with Crippen molar-refractivity contribution in [3.63, 3.8) is 0 Å². The molecule has 4 rings (SSSR count). The minimum atomic E-state index is -0.531. The summed E-state index contributed by atoms with van der Waals surface area (Å²) in [5.41, 5.74) is 2.54. The smallest absolute Gasteiger partial charge is 0.375 e. The molecule has 156 valence electrons. The highest BCUT2D eigenvalue weighted by molar-refractivity contribution is 5.97. The number of hydrogen-bond acceptors (Lipinski definition) is 7. The van der Waals surface area contributed by atoms with Gasteiger partial charge in [-0.15, -0.1) is 0 Å². The van der Waals surface area contributed by atoms with Gasteiger partial charge in [0, 0.05) is 32.7 Å². The fraction of sp³-hybridized carbons (Fsp3) is 0.600. The van der Waals surface area contributed by atoms with Crippen LogP contribution < -0.4 is 5.32 Å². The molecule has 1 saturated heterocycles. The molecule has 0 bridgehead atoms. The van der Waals surface area contributed by atoms with Crippen LogP contribution in [-0.4, -0.2) is 53.0 Å². The highest BCUT2D eigenvalue weighted by Gasteiger charge is 2.39. The van der Waals surface area contributed by atoms with E-state index >= 15 is 0 Å². The van der Waals surface area contributed by atoms with Crippen molar-refractivity contribution in [2.24, 2.45) is 5.41 Å². The molecule has 2 aliphatic heterocycles. The number of rotatable bonds is 6. The molecular formula is C20H26N4O5. The number of fused-ring (bicyclic) bond motifs is 1. The molecule has 1 N–H and O–H groups in total. The Morgan fingerprint density at radius 2 is 2.21 bits per heavy atom. The van der Waals surface area contributed by atoms with Gasteiger partial charge in [-0.25, -0.2) is 9.78 Å². The Labute approximate surface area is 168 Å². The maximum absolute atomic E-state index is 12.8. The van der Waals surface area contributed by atoms with E-state index in [1.165, 1.54) is 12.6 Å². The Kier molecular flexibility index (Phi) is 5.66. The zero-order valence-electron chi connectivity index (χ0n) is 16.6. The lowest BCUT2D eigenvalue weighted by Gasteiger charge is -2.36. The second kappa shape index (κ2) is 8.36. The van der Waals surface area contributed by atoms with E-state index in [0.717, 1.165) is 49.4 Å². The van der Waals surface area contributed by atoms with Crippen molar-refractivity contribution in [1.82, 2.24) is 20.1 Å². The quantitative estimate of drug-likeness (QED) is 0.579. The second-order valence-electron chi connectivity index (χ2n) is 7.67.